The van der Waals surface area contributed by atoms with Crippen molar-refractivity contribution in [2.24, 2.45) is 0 Å². The molecule has 0 aliphatic carbocycles. The predicted molar refractivity (Wildman–Crippen MR) is 60.6 cm³/mol. The molecule has 2 N–H and O–H groups in total. The lowest BCUT2D eigenvalue weighted by molar-refractivity contribution is -0.0109. The van der Waals surface area contributed by atoms with E-state index in [9.17, 15) is 14.7 Å². The van der Waals surface area contributed by atoms with E-state index in [0.717, 1.165) is 12.6 Å². The number of β-amino-alcohol motifs (C(OH)–C–C–N with tert-alkyl or cyclic N) is 1. The molecule has 1 aliphatic rings. The van der Waals surface area contributed by atoms with Crippen LogP contribution in [-0.2, 0) is 0 Å². The van der Waals surface area contributed by atoms with Gasteiger partial charge < -0.3 is 15.0 Å². The van der Waals surface area contributed by atoms with Crippen molar-refractivity contribution in [2.75, 3.05) is 13.1 Å². The van der Waals surface area contributed by atoms with Gasteiger partial charge >= 0.3 is 0 Å². The smallest absolute Gasteiger partial charge is 0.274 e. The van der Waals surface area contributed by atoms with E-state index in [4.69, 9.17) is 0 Å². The summed E-state index contributed by atoms with van der Waals surface area (Å²) in [5, 5.41) is 9.91. The Morgan fingerprint density at radius 3 is 3.00 bits per heavy atom. The van der Waals surface area contributed by atoms with Crippen LogP contribution in [-0.4, -0.2) is 44.6 Å². The first-order chi connectivity index (χ1) is 7.98. The van der Waals surface area contributed by atoms with E-state index in [1.165, 1.54) is 6.20 Å². The van der Waals surface area contributed by atoms with Crippen LogP contribution in [0.15, 0.2) is 17.2 Å². The largest absolute Gasteiger partial charge is 0.388 e. The maximum Gasteiger partial charge on any atom is 0.274 e. The molecule has 1 unspecified atom stereocenters. The molecule has 1 fully saturated rings. The molecule has 1 aromatic heterocycles. The molecule has 1 aromatic rings. The Labute approximate surface area is 98.3 Å². The summed E-state index contributed by atoms with van der Waals surface area (Å²) in [5.74, 6) is -0.263. The van der Waals surface area contributed by atoms with Crippen molar-refractivity contribution in [2.45, 2.75) is 25.4 Å². The van der Waals surface area contributed by atoms with Crippen molar-refractivity contribution >= 4 is 5.91 Å². The number of aromatic amines is 1. The molecule has 0 saturated carbocycles. The lowest BCUT2D eigenvalue weighted by Crippen LogP contribution is -2.48. The monoisotopic (exact) mass is 237 g/mol. The summed E-state index contributed by atoms with van der Waals surface area (Å²) in [6, 6.07) is 0. The van der Waals surface area contributed by atoms with Crippen LogP contribution in [0.2, 0.25) is 0 Å². The van der Waals surface area contributed by atoms with Gasteiger partial charge in [-0.15, -0.1) is 0 Å². The van der Waals surface area contributed by atoms with Gasteiger partial charge in [0.25, 0.3) is 11.5 Å². The molecule has 1 saturated heterocycles. The molecular weight excluding hydrogens is 222 g/mol. The molecule has 17 heavy (non-hydrogen) atoms. The number of nitrogens with one attached hydrogen (secondary N) is 1. The van der Waals surface area contributed by atoms with Crippen LogP contribution in [0.3, 0.4) is 0 Å². The number of amides is 1. The molecule has 6 heteroatoms. The van der Waals surface area contributed by atoms with Gasteiger partial charge in [0, 0.05) is 19.3 Å². The highest BCUT2D eigenvalue weighted by molar-refractivity contribution is 5.92. The third-order valence-corrected chi connectivity index (χ3v) is 2.85. The van der Waals surface area contributed by atoms with Crippen LogP contribution in [0.5, 0.6) is 0 Å². The first kappa shape index (κ1) is 11.8. The number of aromatic nitrogens is 2. The van der Waals surface area contributed by atoms with Crippen LogP contribution >= 0.6 is 0 Å². The van der Waals surface area contributed by atoms with Gasteiger partial charge in [0.2, 0.25) is 0 Å². The number of aliphatic hydroxyl groups is 1. The molecule has 2 heterocycles. The van der Waals surface area contributed by atoms with E-state index in [-0.39, 0.29) is 17.2 Å². The number of nitrogens with zero attached hydrogens (tertiary/aromatic N) is 2. The van der Waals surface area contributed by atoms with Crippen LogP contribution in [0.4, 0.5) is 0 Å². The van der Waals surface area contributed by atoms with E-state index < -0.39 is 5.60 Å². The number of likely N-dealkylation sites (tertiary alicyclic amines) is 1. The lowest BCUT2D eigenvalue weighted by Gasteiger charge is -2.36. The number of carbonyl (C=O) groups is 1. The van der Waals surface area contributed by atoms with Crippen LogP contribution in [0, 0.1) is 0 Å². The number of hydrogen-bond donors (Lipinski definition) is 2. The normalized spacial score (nSPS) is 24.7. The van der Waals surface area contributed by atoms with Crippen LogP contribution in [0.25, 0.3) is 0 Å². The van der Waals surface area contributed by atoms with Crippen molar-refractivity contribution in [3.63, 3.8) is 0 Å². The highest BCUT2D eigenvalue weighted by atomic mass is 16.3. The van der Waals surface area contributed by atoms with E-state index >= 15 is 0 Å². The van der Waals surface area contributed by atoms with Crippen LogP contribution < -0.4 is 5.56 Å². The van der Waals surface area contributed by atoms with Gasteiger partial charge in [-0.2, -0.15) is 0 Å². The number of carbonyl (C=O) groups excluding carboxylic acids is 1. The van der Waals surface area contributed by atoms with Crippen molar-refractivity contribution in [3.05, 3.63) is 28.4 Å². The van der Waals surface area contributed by atoms with Crippen molar-refractivity contribution in [1.82, 2.24) is 14.9 Å². The fraction of sp³-hybridized carbons (Fsp3) is 0.545. The summed E-state index contributed by atoms with van der Waals surface area (Å²) in [4.78, 5) is 30.6. The van der Waals surface area contributed by atoms with E-state index in [1.807, 2.05) is 0 Å². The van der Waals surface area contributed by atoms with Gasteiger partial charge in [-0.25, -0.2) is 4.98 Å². The summed E-state index contributed by atoms with van der Waals surface area (Å²) >= 11 is 0. The highest BCUT2D eigenvalue weighted by Crippen LogP contribution is 2.21. The molecule has 0 radical (unpaired) electrons. The Kier molecular flexibility index (Phi) is 2.97. The zero-order valence-electron chi connectivity index (χ0n) is 9.64. The summed E-state index contributed by atoms with van der Waals surface area (Å²) in [7, 11) is 0. The predicted octanol–water partition coefficient (Wildman–Crippen LogP) is -0.243. The minimum Gasteiger partial charge on any atom is -0.388 e. The van der Waals surface area contributed by atoms with Gasteiger partial charge in [-0.1, -0.05) is 0 Å². The van der Waals surface area contributed by atoms with Gasteiger partial charge in [0.15, 0.2) is 0 Å². The Balaban J connectivity index is 2.15. The fourth-order valence-electron chi connectivity index (χ4n) is 2.01. The summed E-state index contributed by atoms with van der Waals surface area (Å²) in [5.41, 5.74) is -0.981. The molecule has 2 rings (SSSR count). The third-order valence-electron chi connectivity index (χ3n) is 2.85. The zero-order chi connectivity index (χ0) is 12.5. The first-order valence-electron chi connectivity index (χ1n) is 5.54. The first-order valence-corrected chi connectivity index (χ1v) is 5.54. The molecule has 92 valence electrons. The second-order valence-corrected chi connectivity index (χ2v) is 4.62. The number of rotatable bonds is 1. The van der Waals surface area contributed by atoms with Crippen LogP contribution in [0.1, 0.15) is 30.3 Å². The average Bonchev–Trinajstić information content (AvgIpc) is 2.28. The van der Waals surface area contributed by atoms with Gasteiger partial charge in [0.05, 0.1) is 11.8 Å². The third kappa shape index (κ3) is 2.71. The second-order valence-electron chi connectivity index (χ2n) is 4.62. The van der Waals surface area contributed by atoms with E-state index in [2.05, 4.69) is 9.97 Å². The molecule has 0 bridgehead atoms. The van der Waals surface area contributed by atoms with Gasteiger partial charge in [-0.05, 0) is 19.8 Å². The summed E-state index contributed by atoms with van der Waals surface area (Å²) in [6.07, 6.45) is 3.83. The fourth-order valence-corrected chi connectivity index (χ4v) is 2.01. The molecule has 6 nitrogen and oxygen atoms in total. The van der Waals surface area contributed by atoms with E-state index in [0.29, 0.717) is 19.5 Å². The maximum absolute atomic E-state index is 12.0. The lowest BCUT2D eigenvalue weighted by atomic mass is 9.95. The summed E-state index contributed by atoms with van der Waals surface area (Å²) in [6.45, 7) is 2.62. The van der Waals surface area contributed by atoms with Gasteiger partial charge in [-0.3, -0.25) is 9.59 Å². The molecular formula is C11H15N3O3. The van der Waals surface area contributed by atoms with Crippen molar-refractivity contribution in [3.8, 4) is 0 Å². The standard InChI is InChI=1S/C11H15N3O3/c1-11(17)3-2-4-14(7-11)10(16)8-5-13-9(15)6-12-8/h5-6,17H,2-4,7H2,1H3,(H,13,15). The van der Waals surface area contributed by atoms with E-state index in [1.54, 1.807) is 11.8 Å². The zero-order valence-corrected chi connectivity index (χ0v) is 9.64. The quantitative estimate of drug-likeness (QED) is 0.705. The SMILES string of the molecule is CC1(O)CCCN(C(=O)c2c[nH]c(=O)cn2)C1. The topological polar surface area (TPSA) is 86.3 Å². The Bertz CT molecular complexity index is 461. The minimum absolute atomic E-state index is 0.197. The Hall–Kier alpha value is -1.69. The Morgan fingerprint density at radius 1 is 1.65 bits per heavy atom. The average molecular weight is 237 g/mol. The maximum atomic E-state index is 12.0. The highest BCUT2D eigenvalue weighted by Gasteiger charge is 2.31. The molecule has 0 spiro atoms. The number of piperidine rings is 1. The molecule has 0 aromatic carbocycles. The molecule has 1 atom stereocenters. The number of H-pyrrole nitrogens is 1. The van der Waals surface area contributed by atoms with Crippen molar-refractivity contribution in [1.29, 1.82) is 0 Å². The molecule has 1 aliphatic heterocycles. The molecule has 1 amide bonds. The minimum atomic E-state index is -0.837. The number of hydrogen-bond acceptors (Lipinski definition) is 4. The van der Waals surface area contributed by atoms with Crippen molar-refractivity contribution < 1.29 is 9.90 Å². The summed E-state index contributed by atoms with van der Waals surface area (Å²) < 4.78 is 0. The van der Waals surface area contributed by atoms with Gasteiger partial charge in [0.1, 0.15) is 5.69 Å². The Morgan fingerprint density at radius 2 is 2.41 bits per heavy atom. The second kappa shape index (κ2) is 4.29.